The molecule has 0 spiro atoms. The Morgan fingerprint density at radius 3 is 2.65 bits per heavy atom. The van der Waals surface area contributed by atoms with Gasteiger partial charge in [-0.05, 0) is 24.3 Å². The number of hydrogen-bond donors (Lipinski definition) is 2. The molecule has 0 fully saturated rings. The van der Waals surface area contributed by atoms with E-state index in [4.69, 9.17) is 5.73 Å². The highest BCUT2D eigenvalue weighted by atomic mass is 19.1. The number of carbonyl (C=O) groups excluding carboxylic acids is 1. The third kappa shape index (κ3) is 2.89. The Morgan fingerprint density at radius 1 is 1.25 bits per heavy atom. The maximum atomic E-state index is 12.9. The van der Waals surface area contributed by atoms with E-state index < -0.39 is 16.6 Å². The Balaban J connectivity index is 2.23. The fourth-order valence-corrected chi connectivity index (χ4v) is 1.64. The summed E-state index contributed by atoms with van der Waals surface area (Å²) >= 11 is 0. The molecule has 0 aromatic heterocycles. The molecule has 0 aliphatic rings. The van der Waals surface area contributed by atoms with Crippen molar-refractivity contribution in [2.24, 2.45) is 0 Å². The van der Waals surface area contributed by atoms with Crippen molar-refractivity contribution in [3.05, 3.63) is 64.0 Å². The Bertz CT molecular complexity index is 688. The summed E-state index contributed by atoms with van der Waals surface area (Å²) in [6.45, 7) is 0. The number of non-ortho nitro benzene ring substituents is 1. The predicted molar refractivity (Wildman–Crippen MR) is 71.9 cm³/mol. The Labute approximate surface area is 113 Å². The average molecular weight is 275 g/mol. The van der Waals surface area contributed by atoms with Gasteiger partial charge in [-0.25, -0.2) is 4.39 Å². The predicted octanol–water partition coefficient (Wildman–Crippen LogP) is 2.57. The topological polar surface area (TPSA) is 98.3 Å². The van der Waals surface area contributed by atoms with Gasteiger partial charge in [0.05, 0.1) is 10.5 Å². The lowest BCUT2D eigenvalue weighted by atomic mass is 10.1. The van der Waals surface area contributed by atoms with Crippen molar-refractivity contribution in [3.8, 4) is 0 Å². The number of nitro groups is 1. The van der Waals surface area contributed by atoms with Crippen LogP contribution in [0, 0.1) is 15.9 Å². The number of rotatable bonds is 3. The van der Waals surface area contributed by atoms with Gasteiger partial charge < -0.3 is 11.1 Å². The van der Waals surface area contributed by atoms with Crippen LogP contribution in [0.4, 0.5) is 21.5 Å². The largest absolute Gasteiger partial charge is 0.398 e. The van der Waals surface area contributed by atoms with Crippen LogP contribution in [0.3, 0.4) is 0 Å². The molecule has 7 heteroatoms. The number of anilines is 2. The van der Waals surface area contributed by atoms with E-state index in [2.05, 4.69) is 5.32 Å². The first-order valence-electron chi connectivity index (χ1n) is 5.58. The molecule has 0 heterocycles. The molecule has 0 bridgehead atoms. The lowest BCUT2D eigenvalue weighted by Gasteiger charge is -2.07. The Kier molecular flexibility index (Phi) is 3.60. The van der Waals surface area contributed by atoms with Crippen LogP contribution in [0.1, 0.15) is 10.4 Å². The summed E-state index contributed by atoms with van der Waals surface area (Å²) in [4.78, 5) is 22.0. The molecule has 6 nitrogen and oxygen atoms in total. The minimum atomic E-state index is -0.568. The van der Waals surface area contributed by atoms with Gasteiger partial charge in [0.25, 0.3) is 11.6 Å². The standard InChI is InChI=1S/C13H10FN3O3/c14-8-4-5-11(12(15)6-8)13(18)16-9-2-1-3-10(7-9)17(19)20/h1-7H,15H2,(H,16,18). The molecule has 102 valence electrons. The van der Waals surface area contributed by atoms with Crippen LogP contribution in [0.5, 0.6) is 0 Å². The minimum absolute atomic E-state index is 0.00655. The van der Waals surface area contributed by atoms with Gasteiger partial charge in [0.2, 0.25) is 0 Å². The first-order valence-corrected chi connectivity index (χ1v) is 5.58. The van der Waals surface area contributed by atoms with E-state index in [0.29, 0.717) is 0 Å². The summed E-state index contributed by atoms with van der Waals surface area (Å²) in [6.07, 6.45) is 0. The zero-order valence-corrected chi connectivity index (χ0v) is 10.2. The number of nitrogens with zero attached hydrogens (tertiary/aromatic N) is 1. The van der Waals surface area contributed by atoms with Gasteiger partial charge in [0, 0.05) is 23.5 Å². The second-order valence-corrected chi connectivity index (χ2v) is 3.99. The second-order valence-electron chi connectivity index (χ2n) is 3.99. The number of amides is 1. The molecule has 2 aromatic rings. The normalized spacial score (nSPS) is 10.1. The van der Waals surface area contributed by atoms with Crippen molar-refractivity contribution in [2.75, 3.05) is 11.1 Å². The smallest absolute Gasteiger partial charge is 0.271 e. The van der Waals surface area contributed by atoms with Crippen LogP contribution in [0.15, 0.2) is 42.5 Å². The molecule has 0 aliphatic heterocycles. The summed E-state index contributed by atoms with van der Waals surface area (Å²) in [6, 6.07) is 8.87. The van der Waals surface area contributed by atoms with Crippen LogP contribution in [-0.2, 0) is 0 Å². The lowest BCUT2D eigenvalue weighted by Crippen LogP contribution is -2.14. The van der Waals surface area contributed by atoms with E-state index in [-0.39, 0.29) is 22.6 Å². The highest BCUT2D eigenvalue weighted by Crippen LogP contribution is 2.19. The summed E-state index contributed by atoms with van der Waals surface area (Å²) in [7, 11) is 0. The van der Waals surface area contributed by atoms with Gasteiger partial charge in [-0.15, -0.1) is 0 Å². The lowest BCUT2D eigenvalue weighted by molar-refractivity contribution is -0.384. The van der Waals surface area contributed by atoms with E-state index in [1.54, 1.807) is 0 Å². The molecule has 0 unspecified atom stereocenters. The molecular formula is C13H10FN3O3. The third-order valence-corrected chi connectivity index (χ3v) is 2.57. The molecule has 2 rings (SSSR count). The number of nitrogens with one attached hydrogen (secondary N) is 1. The van der Waals surface area contributed by atoms with Gasteiger partial charge in [0.1, 0.15) is 5.82 Å². The van der Waals surface area contributed by atoms with E-state index in [9.17, 15) is 19.3 Å². The van der Waals surface area contributed by atoms with Crippen LogP contribution in [0.25, 0.3) is 0 Å². The first-order chi connectivity index (χ1) is 9.47. The maximum Gasteiger partial charge on any atom is 0.271 e. The number of carbonyl (C=O) groups is 1. The fraction of sp³-hybridized carbons (Fsp3) is 0. The van der Waals surface area contributed by atoms with Crippen molar-refractivity contribution in [3.63, 3.8) is 0 Å². The van der Waals surface area contributed by atoms with Crippen molar-refractivity contribution in [1.29, 1.82) is 0 Å². The van der Waals surface area contributed by atoms with Crippen LogP contribution >= 0.6 is 0 Å². The molecule has 3 N–H and O–H groups in total. The van der Waals surface area contributed by atoms with Gasteiger partial charge in [-0.2, -0.15) is 0 Å². The van der Waals surface area contributed by atoms with Gasteiger partial charge in [-0.1, -0.05) is 6.07 Å². The molecule has 0 saturated heterocycles. The molecule has 0 atom stereocenters. The van der Waals surface area contributed by atoms with Gasteiger partial charge in [-0.3, -0.25) is 14.9 Å². The van der Waals surface area contributed by atoms with Crippen molar-refractivity contribution in [2.45, 2.75) is 0 Å². The summed E-state index contributed by atoms with van der Waals surface area (Å²) < 4.78 is 12.9. The summed E-state index contributed by atoms with van der Waals surface area (Å²) in [5.74, 6) is -1.11. The van der Waals surface area contributed by atoms with E-state index >= 15 is 0 Å². The monoisotopic (exact) mass is 275 g/mol. The van der Waals surface area contributed by atoms with E-state index in [1.807, 2.05) is 0 Å². The number of halogens is 1. The quantitative estimate of drug-likeness (QED) is 0.511. The second kappa shape index (κ2) is 5.35. The summed E-state index contributed by atoms with van der Waals surface area (Å²) in [5.41, 5.74) is 5.75. The number of nitro benzene ring substituents is 1. The van der Waals surface area contributed by atoms with Crippen molar-refractivity contribution < 1.29 is 14.1 Å². The van der Waals surface area contributed by atoms with Crippen LogP contribution < -0.4 is 11.1 Å². The van der Waals surface area contributed by atoms with E-state index in [1.165, 1.54) is 30.3 Å². The number of hydrogen-bond acceptors (Lipinski definition) is 4. The van der Waals surface area contributed by atoms with Crippen molar-refractivity contribution >= 4 is 23.0 Å². The number of nitrogen functional groups attached to an aromatic ring is 1. The van der Waals surface area contributed by atoms with Crippen molar-refractivity contribution in [1.82, 2.24) is 0 Å². The first kappa shape index (κ1) is 13.5. The molecule has 1 amide bonds. The fourth-order valence-electron chi connectivity index (χ4n) is 1.64. The van der Waals surface area contributed by atoms with Gasteiger partial charge in [0.15, 0.2) is 0 Å². The third-order valence-electron chi connectivity index (χ3n) is 2.57. The molecule has 0 radical (unpaired) electrons. The summed E-state index contributed by atoms with van der Waals surface area (Å²) in [5, 5.41) is 13.1. The molecular weight excluding hydrogens is 265 g/mol. The highest BCUT2D eigenvalue weighted by molar-refractivity contribution is 6.07. The molecule has 0 saturated carbocycles. The van der Waals surface area contributed by atoms with E-state index in [0.717, 1.165) is 12.1 Å². The Morgan fingerprint density at radius 2 is 2.00 bits per heavy atom. The Hall–Kier alpha value is -2.96. The average Bonchev–Trinajstić information content (AvgIpc) is 2.38. The molecule has 2 aromatic carbocycles. The van der Waals surface area contributed by atoms with Crippen LogP contribution in [0.2, 0.25) is 0 Å². The number of nitrogens with two attached hydrogens (primary N) is 1. The number of benzene rings is 2. The maximum absolute atomic E-state index is 12.9. The molecule has 20 heavy (non-hydrogen) atoms. The zero-order chi connectivity index (χ0) is 14.7. The highest BCUT2D eigenvalue weighted by Gasteiger charge is 2.12. The minimum Gasteiger partial charge on any atom is -0.398 e. The van der Waals surface area contributed by atoms with Gasteiger partial charge >= 0.3 is 0 Å². The zero-order valence-electron chi connectivity index (χ0n) is 10.2. The SMILES string of the molecule is Nc1cc(F)ccc1C(=O)Nc1cccc([N+](=O)[O-])c1. The molecule has 0 aliphatic carbocycles. The van der Waals surface area contributed by atoms with Crippen LogP contribution in [-0.4, -0.2) is 10.8 Å².